The van der Waals surface area contributed by atoms with Gasteiger partial charge in [-0.25, -0.2) is 9.07 Å². The van der Waals surface area contributed by atoms with Gasteiger partial charge in [-0.1, -0.05) is 12.1 Å². The zero-order chi connectivity index (χ0) is 12.6. The van der Waals surface area contributed by atoms with Crippen LogP contribution in [0.5, 0.6) is 0 Å². The molecular weight excluding hydrogens is 287 g/mol. The zero-order valence-corrected chi connectivity index (χ0v) is 11.1. The van der Waals surface area contributed by atoms with Crippen LogP contribution in [0.25, 0.3) is 5.69 Å². The largest absolute Gasteiger partial charge is 0.392 e. The van der Waals surface area contributed by atoms with Crippen LogP contribution >= 0.6 is 15.9 Å². The van der Waals surface area contributed by atoms with E-state index in [1.54, 1.807) is 12.1 Å². The van der Waals surface area contributed by atoms with Crippen molar-refractivity contribution < 1.29 is 9.50 Å². The minimum atomic E-state index is -0.394. The number of aliphatic hydroxyl groups excluding tert-OH is 1. The fourth-order valence-electron chi connectivity index (χ4n) is 1.77. The quantitative estimate of drug-likeness (QED) is 0.926. The Bertz CT molecular complexity index is 566. The van der Waals surface area contributed by atoms with E-state index in [1.165, 1.54) is 10.7 Å². The van der Waals surface area contributed by atoms with Crippen LogP contribution in [0.2, 0.25) is 0 Å². The zero-order valence-electron chi connectivity index (χ0n) is 9.54. The van der Waals surface area contributed by atoms with Gasteiger partial charge < -0.3 is 5.11 Å². The Labute approximate surface area is 107 Å². The van der Waals surface area contributed by atoms with Crippen LogP contribution in [0.1, 0.15) is 17.0 Å². The minimum absolute atomic E-state index is 0.219. The number of hydrogen-bond donors (Lipinski definition) is 1. The number of halogens is 2. The molecule has 5 heteroatoms. The second kappa shape index (κ2) is 4.58. The van der Waals surface area contributed by atoms with Crippen LogP contribution in [0.4, 0.5) is 4.39 Å². The average molecular weight is 299 g/mol. The van der Waals surface area contributed by atoms with E-state index in [0.29, 0.717) is 11.3 Å². The van der Waals surface area contributed by atoms with Gasteiger partial charge in [-0.05, 0) is 35.8 Å². The maximum Gasteiger partial charge on any atom is 0.149 e. The van der Waals surface area contributed by atoms with E-state index >= 15 is 0 Å². The molecule has 1 aromatic carbocycles. The fraction of sp³-hybridized carbons (Fsp3) is 0.250. The predicted molar refractivity (Wildman–Crippen MR) is 66.6 cm³/mol. The highest BCUT2D eigenvalue weighted by molar-refractivity contribution is 9.10. The molecule has 0 fully saturated rings. The molecule has 0 aliphatic heterocycles. The van der Waals surface area contributed by atoms with Crippen molar-refractivity contribution in [1.29, 1.82) is 0 Å². The van der Waals surface area contributed by atoms with Gasteiger partial charge in [0.25, 0.3) is 0 Å². The molecule has 17 heavy (non-hydrogen) atoms. The summed E-state index contributed by atoms with van der Waals surface area (Å²) in [6, 6.07) is 4.62. The van der Waals surface area contributed by atoms with Gasteiger partial charge in [0.15, 0.2) is 0 Å². The van der Waals surface area contributed by atoms with E-state index in [2.05, 4.69) is 21.0 Å². The lowest BCUT2D eigenvalue weighted by Crippen LogP contribution is -2.06. The van der Waals surface area contributed by atoms with Gasteiger partial charge in [0.05, 0.1) is 22.5 Å². The summed E-state index contributed by atoms with van der Waals surface area (Å²) >= 11 is 3.40. The van der Waals surface area contributed by atoms with Crippen LogP contribution in [0.3, 0.4) is 0 Å². The topological polar surface area (TPSA) is 38.0 Å². The molecule has 0 radical (unpaired) electrons. The maximum atomic E-state index is 13.9. The molecule has 90 valence electrons. The molecule has 0 bridgehead atoms. The molecule has 1 heterocycles. The molecule has 0 saturated carbocycles. The highest BCUT2D eigenvalue weighted by Gasteiger charge is 2.16. The van der Waals surface area contributed by atoms with Crippen molar-refractivity contribution in [3.8, 4) is 5.69 Å². The molecule has 0 saturated heterocycles. The molecule has 0 aliphatic rings. The molecule has 2 aromatic rings. The Hall–Kier alpha value is -1.20. The van der Waals surface area contributed by atoms with E-state index in [-0.39, 0.29) is 6.61 Å². The smallest absolute Gasteiger partial charge is 0.149 e. The second-order valence-corrected chi connectivity index (χ2v) is 4.60. The molecule has 0 unspecified atom stereocenters. The minimum Gasteiger partial charge on any atom is -0.392 e. The SMILES string of the molecule is Cc1nn(-c2c(F)cccc2CO)c(C)c1Br. The van der Waals surface area contributed by atoms with Crippen LogP contribution in [0.15, 0.2) is 22.7 Å². The van der Waals surface area contributed by atoms with Gasteiger partial charge in [0.2, 0.25) is 0 Å². The molecule has 1 N–H and O–H groups in total. The summed E-state index contributed by atoms with van der Waals surface area (Å²) in [5, 5.41) is 13.5. The van der Waals surface area contributed by atoms with Crippen molar-refractivity contribution >= 4 is 15.9 Å². The lowest BCUT2D eigenvalue weighted by Gasteiger charge is -2.10. The van der Waals surface area contributed by atoms with E-state index in [4.69, 9.17) is 0 Å². The molecule has 2 rings (SSSR count). The summed E-state index contributed by atoms with van der Waals surface area (Å²) in [6.07, 6.45) is 0. The Morgan fingerprint density at radius 3 is 2.65 bits per heavy atom. The Balaban J connectivity index is 2.72. The summed E-state index contributed by atoms with van der Waals surface area (Å²) in [5.74, 6) is -0.394. The molecule has 1 aromatic heterocycles. The standard InChI is InChI=1S/C12H12BrFN2O/c1-7-11(13)8(2)16(15-7)12-9(6-17)4-3-5-10(12)14/h3-5,17H,6H2,1-2H3. The summed E-state index contributed by atoms with van der Waals surface area (Å²) in [5.41, 5.74) is 2.42. The van der Waals surface area contributed by atoms with Crippen molar-refractivity contribution in [3.05, 3.63) is 45.4 Å². The van der Waals surface area contributed by atoms with E-state index in [0.717, 1.165) is 15.9 Å². The summed E-state index contributed by atoms with van der Waals surface area (Å²) in [6.45, 7) is 3.47. The van der Waals surface area contributed by atoms with Crippen LogP contribution in [-0.2, 0) is 6.61 Å². The molecule has 0 amide bonds. The summed E-state index contributed by atoms with van der Waals surface area (Å²) in [7, 11) is 0. The van der Waals surface area contributed by atoms with Gasteiger partial charge in [-0.3, -0.25) is 0 Å². The van der Waals surface area contributed by atoms with Crippen molar-refractivity contribution in [3.63, 3.8) is 0 Å². The van der Waals surface area contributed by atoms with E-state index < -0.39 is 5.82 Å². The number of aliphatic hydroxyl groups is 1. The average Bonchev–Trinajstić information content (AvgIpc) is 2.56. The Kier molecular flexibility index (Phi) is 3.31. The number of para-hydroxylation sites is 1. The third-order valence-corrected chi connectivity index (χ3v) is 3.80. The first kappa shape index (κ1) is 12.3. The lowest BCUT2D eigenvalue weighted by molar-refractivity contribution is 0.280. The first-order valence-electron chi connectivity index (χ1n) is 5.16. The fourth-order valence-corrected chi connectivity index (χ4v) is 2.01. The highest BCUT2D eigenvalue weighted by atomic mass is 79.9. The van der Waals surface area contributed by atoms with Gasteiger partial charge in [0.1, 0.15) is 11.5 Å². The molecule has 0 spiro atoms. The number of nitrogens with zero attached hydrogens (tertiary/aromatic N) is 2. The first-order chi connectivity index (χ1) is 8.06. The van der Waals surface area contributed by atoms with Gasteiger partial charge in [-0.15, -0.1) is 0 Å². The Morgan fingerprint density at radius 1 is 1.41 bits per heavy atom. The predicted octanol–water partition coefficient (Wildman–Crippen LogP) is 2.88. The number of rotatable bonds is 2. The highest BCUT2D eigenvalue weighted by Crippen LogP contribution is 2.26. The third-order valence-electron chi connectivity index (χ3n) is 2.66. The molecule has 0 aliphatic carbocycles. The van der Waals surface area contributed by atoms with Gasteiger partial charge in [-0.2, -0.15) is 5.10 Å². The van der Waals surface area contributed by atoms with Gasteiger partial charge >= 0.3 is 0 Å². The third kappa shape index (κ3) is 2.00. The summed E-state index contributed by atoms with van der Waals surface area (Å²) < 4.78 is 16.2. The first-order valence-corrected chi connectivity index (χ1v) is 5.96. The van der Waals surface area contributed by atoms with Crippen molar-refractivity contribution in [2.24, 2.45) is 0 Å². The van der Waals surface area contributed by atoms with Gasteiger partial charge in [0, 0.05) is 5.56 Å². The van der Waals surface area contributed by atoms with Crippen LogP contribution in [-0.4, -0.2) is 14.9 Å². The number of benzene rings is 1. The summed E-state index contributed by atoms with van der Waals surface area (Å²) in [4.78, 5) is 0. The van der Waals surface area contributed by atoms with E-state index in [1.807, 2.05) is 13.8 Å². The molecule has 0 atom stereocenters. The van der Waals surface area contributed by atoms with Crippen molar-refractivity contribution in [2.45, 2.75) is 20.5 Å². The Morgan fingerprint density at radius 2 is 2.12 bits per heavy atom. The number of aryl methyl sites for hydroxylation is 1. The lowest BCUT2D eigenvalue weighted by atomic mass is 10.2. The van der Waals surface area contributed by atoms with Crippen LogP contribution in [0, 0.1) is 19.7 Å². The van der Waals surface area contributed by atoms with Crippen molar-refractivity contribution in [1.82, 2.24) is 9.78 Å². The molecular formula is C12H12BrFN2O. The number of aromatic nitrogens is 2. The monoisotopic (exact) mass is 298 g/mol. The number of hydrogen-bond acceptors (Lipinski definition) is 2. The molecule has 3 nitrogen and oxygen atoms in total. The second-order valence-electron chi connectivity index (χ2n) is 3.80. The van der Waals surface area contributed by atoms with Crippen LogP contribution < -0.4 is 0 Å². The van der Waals surface area contributed by atoms with E-state index in [9.17, 15) is 9.50 Å². The maximum absolute atomic E-state index is 13.9. The van der Waals surface area contributed by atoms with Crippen molar-refractivity contribution in [2.75, 3.05) is 0 Å². The normalized spacial score (nSPS) is 10.9.